The summed E-state index contributed by atoms with van der Waals surface area (Å²) in [6, 6.07) is 7.07. The quantitative estimate of drug-likeness (QED) is 0.716. The third-order valence-corrected chi connectivity index (χ3v) is 2.39. The van der Waals surface area contributed by atoms with Gasteiger partial charge in [0.15, 0.2) is 0 Å². The zero-order valence-electron chi connectivity index (χ0n) is 6.60. The van der Waals surface area contributed by atoms with Crippen molar-refractivity contribution in [2.24, 2.45) is 0 Å². The summed E-state index contributed by atoms with van der Waals surface area (Å²) in [5, 5.41) is 9.08. The molecule has 0 spiro atoms. The summed E-state index contributed by atoms with van der Waals surface area (Å²) in [6.45, 7) is 0. The maximum atomic E-state index is 8.49. The monoisotopic (exact) mass is 233 g/mol. The molecular formula is C9H6Cl3N. The van der Waals surface area contributed by atoms with Crippen LogP contribution in [0.1, 0.15) is 5.56 Å². The summed E-state index contributed by atoms with van der Waals surface area (Å²) in [5.74, 6) is 0. The molecule has 0 heterocycles. The molecule has 1 nitrogen and oxygen atoms in total. The van der Waals surface area contributed by atoms with Crippen LogP contribution in [0, 0.1) is 11.3 Å². The zero-order valence-corrected chi connectivity index (χ0v) is 8.87. The van der Waals surface area contributed by atoms with Crippen molar-refractivity contribution in [2.75, 3.05) is 0 Å². The van der Waals surface area contributed by atoms with Gasteiger partial charge < -0.3 is 0 Å². The molecule has 0 aliphatic heterocycles. The van der Waals surface area contributed by atoms with Crippen LogP contribution in [0.2, 0.25) is 10.0 Å². The highest BCUT2D eigenvalue weighted by Crippen LogP contribution is 2.22. The minimum Gasteiger partial charge on any atom is -0.197 e. The summed E-state index contributed by atoms with van der Waals surface area (Å²) in [7, 11) is 0. The number of nitrogens with zero attached hydrogens (tertiary/aromatic N) is 1. The lowest BCUT2D eigenvalue weighted by molar-refractivity contribution is 1.02. The largest absolute Gasteiger partial charge is 0.197 e. The number of hydrogen-bond donors (Lipinski definition) is 0. The van der Waals surface area contributed by atoms with Gasteiger partial charge in [-0.25, -0.2) is 0 Å². The second-order valence-electron chi connectivity index (χ2n) is 2.54. The molecule has 13 heavy (non-hydrogen) atoms. The highest BCUT2D eigenvalue weighted by atomic mass is 35.5. The van der Waals surface area contributed by atoms with E-state index in [9.17, 15) is 0 Å². The van der Waals surface area contributed by atoms with E-state index < -0.39 is 5.38 Å². The lowest BCUT2D eigenvalue weighted by Crippen LogP contribution is -1.99. The molecule has 0 aromatic heterocycles. The first-order valence-electron chi connectivity index (χ1n) is 3.61. The Balaban J connectivity index is 2.85. The average Bonchev–Trinajstić information content (AvgIpc) is 2.09. The van der Waals surface area contributed by atoms with Crippen LogP contribution < -0.4 is 0 Å². The SMILES string of the molecule is N#CC(Cl)Cc1ccc(Cl)cc1Cl. The molecule has 0 radical (unpaired) electrons. The van der Waals surface area contributed by atoms with Crippen molar-refractivity contribution >= 4 is 34.8 Å². The Kier molecular flexibility index (Phi) is 3.87. The van der Waals surface area contributed by atoms with Crippen molar-refractivity contribution in [1.82, 2.24) is 0 Å². The van der Waals surface area contributed by atoms with E-state index in [2.05, 4.69) is 0 Å². The number of alkyl halides is 1. The summed E-state index contributed by atoms with van der Waals surface area (Å²) in [4.78, 5) is 0. The molecule has 1 rings (SSSR count). The molecule has 1 aromatic carbocycles. The maximum Gasteiger partial charge on any atom is 0.124 e. The topological polar surface area (TPSA) is 23.8 Å². The normalized spacial score (nSPS) is 12.2. The Morgan fingerprint density at radius 1 is 1.38 bits per heavy atom. The second kappa shape index (κ2) is 4.72. The van der Waals surface area contributed by atoms with Gasteiger partial charge in [0.1, 0.15) is 5.38 Å². The van der Waals surface area contributed by atoms with E-state index in [0.29, 0.717) is 16.5 Å². The van der Waals surface area contributed by atoms with E-state index in [0.717, 1.165) is 5.56 Å². The van der Waals surface area contributed by atoms with Gasteiger partial charge in [-0.05, 0) is 17.7 Å². The molecule has 1 atom stereocenters. The standard InChI is InChI=1S/C9H6Cl3N/c10-7-2-1-6(9(12)4-7)3-8(11)5-13/h1-2,4,8H,3H2. The Labute approximate surface area is 91.8 Å². The first-order valence-corrected chi connectivity index (χ1v) is 4.80. The van der Waals surface area contributed by atoms with Gasteiger partial charge >= 0.3 is 0 Å². The number of rotatable bonds is 2. The van der Waals surface area contributed by atoms with Crippen molar-refractivity contribution in [3.05, 3.63) is 33.8 Å². The fourth-order valence-electron chi connectivity index (χ4n) is 0.926. The van der Waals surface area contributed by atoms with Crippen LogP contribution in [-0.2, 0) is 6.42 Å². The molecule has 0 N–H and O–H groups in total. The van der Waals surface area contributed by atoms with Gasteiger partial charge in [-0.15, -0.1) is 11.6 Å². The van der Waals surface area contributed by atoms with Gasteiger partial charge in [0.2, 0.25) is 0 Å². The third-order valence-electron chi connectivity index (χ3n) is 1.55. The lowest BCUT2D eigenvalue weighted by Gasteiger charge is -2.04. The number of halogens is 3. The predicted molar refractivity (Wildman–Crippen MR) is 55.4 cm³/mol. The third kappa shape index (κ3) is 3.08. The minimum atomic E-state index is -0.543. The molecule has 1 unspecified atom stereocenters. The first-order chi connectivity index (χ1) is 6.13. The van der Waals surface area contributed by atoms with Gasteiger partial charge in [-0.1, -0.05) is 29.3 Å². The Hall–Kier alpha value is -0.420. The van der Waals surface area contributed by atoms with Crippen LogP contribution in [0.5, 0.6) is 0 Å². The summed E-state index contributed by atoms with van der Waals surface area (Å²) in [5.41, 5.74) is 0.840. The minimum absolute atomic E-state index is 0.439. The highest BCUT2D eigenvalue weighted by molar-refractivity contribution is 6.35. The van der Waals surface area contributed by atoms with Crippen LogP contribution in [-0.4, -0.2) is 5.38 Å². The fourth-order valence-corrected chi connectivity index (χ4v) is 1.58. The Morgan fingerprint density at radius 3 is 2.62 bits per heavy atom. The fraction of sp³-hybridized carbons (Fsp3) is 0.222. The van der Waals surface area contributed by atoms with Crippen LogP contribution in [0.15, 0.2) is 18.2 Å². The predicted octanol–water partition coefficient (Wildman–Crippen LogP) is 3.67. The maximum absolute atomic E-state index is 8.49. The average molecular weight is 235 g/mol. The van der Waals surface area contributed by atoms with Gasteiger partial charge in [0.25, 0.3) is 0 Å². The van der Waals surface area contributed by atoms with Crippen molar-refractivity contribution < 1.29 is 0 Å². The van der Waals surface area contributed by atoms with Gasteiger partial charge in [0.05, 0.1) is 6.07 Å². The first kappa shape index (κ1) is 10.7. The van der Waals surface area contributed by atoms with Crippen molar-refractivity contribution in [3.8, 4) is 6.07 Å². The molecule has 0 aliphatic carbocycles. The van der Waals surface area contributed by atoms with E-state index in [1.54, 1.807) is 18.2 Å². The van der Waals surface area contributed by atoms with Crippen LogP contribution in [0.4, 0.5) is 0 Å². The van der Waals surface area contributed by atoms with Gasteiger partial charge in [-0.3, -0.25) is 0 Å². The number of benzene rings is 1. The highest BCUT2D eigenvalue weighted by Gasteiger charge is 2.07. The summed E-state index contributed by atoms with van der Waals surface area (Å²) >= 11 is 17.2. The molecule has 0 aliphatic rings. The van der Waals surface area contributed by atoms with Crippen LogP contribution in [0.25, 0.3) is 0 Å². The van der Waals surface area contributed by atoms with Crippen molar-refractivity contribution in [3.63, 3.8) is 0 Å². The van der Waals surface area contributed by atoms with E-state index in [-0.39, 0.29) is 0 Å². The van der Waals surface area contributed by atoms with E-state index in [1.165, 1.54) is 0 Å². The molecule has 68 valence electrons. The number of hydrogen-bond acceptors (Lipinski definition) is 1. The zero-order chi connectivity index (χ0) is 9.84. The molecule has 4 heteroatoms. The Bertz CT molecular complexity index is 343. The van der Waals surface area contributed by atoms with Crippen molar-refractivity contribution in [1.29, 1.82) is 5.26 Å². The van der Waals surface area contributed by atoms with Crippen LogP contribution in [0.3, 0.4) is 0 Å². The lowest BCUT2D eigenvalue weighted by atomic mass is 10.1. The smallest absolute Gasteiger partial charge is 0.124 e. The Morgan fingerprint density at radius 2 is 2.08 bits per heavy atom. The summed E-state index contributed by atoms with van der Waals surface area (Å²) in [6.07, 6.45) is 0.439. The molecule has 0 amide bonds. The van der Waals surface area contributed by atoms with Gasteiger partial charge in [-0.2, -0.15) is 5.26 Å². The summed E-state index contributed by atoms with van der Waals surface area (Å²) < 4.78 is 0. The van der Waals surface area contributed by atoms with E-state index >= 15 is 0 Å². The van der Waals surface area contributed by atoms with Gasteiger partial charge in [0, 0.05) is 16.5 Å². The molecule has 0 fully saturated rings. The van der Waals surface area contributed by atoms with E-state index in [1.807, 2.05) is 6.07 Å². The van der Waals surface area contributed by atoms with E-state index in [4.69, 9.17) is 40.1 Å². The second-order valence-corrected chi connectivity index (χ2v) is 3.91. The van der Waals surface area contributed by atoms with Crippen LogP contribution >= 0.6 is 34.8 Å². The molecule has 0 saturated heterocycles. The molecule has 1 aromatic rings. The molecule has 0 bridgehead atoms. The number of nitriles is 1. The molecule has 0 saturated carbocycles. The molecular weight excluding hydrogens is 228 g/mol. The van der Waals surface area contributed by atoms with Crippen molar-refractivity contribution in [2.45, 2.75) is 11.8 Å².